The number of rotatable bonds is 4. The summed E-state index contributed by atoms with van der Waals surface area (Å²) in [5.74, 6) is -0.936. The third-order valence-electron chi connectivity index (χ3n) is 2.11. The molecule has 0 saturated carbocycles. The van der Waals surface area contributed by atoms with Crippen LogP contribution in [0.5, 0.6) is 0 Å². The molecule has 0 aliphatic carbocycles. The first-order valence-corrected chi connectivity index (χ1v) is 6.40. The van der Waals surface area contributed by atoms with Gasteiger partial charge < -0.3 is 16.2 Å². The van der Waals surface area contributed by atoms with Crippen molar-refractivity contribution >= 4 is 40.3 Å². The molecule has 0 unspecified atom stereocenters. The van der Waals surface area contributed by atoms with Crippen LogP contribution in [0.4, 0.5) is 0 Å². The monoisotopic (exact) mass is 299 g/mol. The van der Waals surface area contributed by atoms with E-state index in [9.17, 15) is 4.79 Å². The Kier molecular flexibility index (Phi) is 5.14. The molecule has 0 spiro atoms. The Bertz CT molecular complexity index is 571. The van der Waals surface area contributed by atoms with Gasteiger partial charge in [-0.3, -0.25) is 0 Å². The molecule has 1 rings (SSSR count). The summed E-state index contributed by atoms with van der Waals surface area (Å²) in [7, 11) is 1.22. The highest BCUT2D eigenvalue weighted by atomic mass is 35.5. The summed E-state index contributed by atoms with van der Waals surface area (Å²) >= 11 is 7.35. The van der Waals surface area contributed by atoms with Crippen molar-refractivity contribution in [1.29, 1.82) is 0 Å². The van der Waals surface area contributed by atoms with E-state index in [0.29, 0.717) is 5.70 Å². The second kappa shape index (κ2) is 6.40. The highest BCUT2D eigenvalue weighted by Crippen LogP contribution is 2.24. The Balaban J connectivity index is 3.18. The summed E-state index contributed by atoms with van der Waals surface area (Å²) in [5, 5.41) is -0.152. The number of nitrogens with zero attached hydrogens (tertiary/aromatic N) is 1. The first kappa shape index (κ1) is 15.3. The second-order valence-corrected chi connectivity index (χ2v) is 5.24. The fraction of sp³-hybridized carbons (Fsp3) is 0.167. The van der Waals surface area contributed by atoms with Crippen LogP contribution in [0.25, 0.3) is 5.70 Å². The first-order chi connectivity index (χ1) is 8.86. The molecular formula is C12H14ClN3O2S. The average molecular weight is 300 g/mol. The number of aliphatic imine (C=N–C) groups is 1. The van der Waals surface area contributed by atoms with E-state index in [-0.39, 0.29) is 16.6 Å². The molecule has 0 radical (unpaired) electrons. The van der Waals surface area contributed by atoms with Gasteiger partial charge in [0, 0.05) is 4.88 Å². The molecule has 0 amide bonds. The SMILES string of the molecule is C=C(/N=C(/C(=O)OC)C(Cl)=C(N)N)c1ccc(C)s1. The molecule has 0 aliphatic rings. The summed E-state index contributed by atoms with van der Waals surface area (Å²) in [5.41, 5.74) is 10.9. The largest absolute Gasteiger partial charge is 0.464 e. The minimum atomic E-state index is -0.729. The fourth-order valence-electron chi connectivity index (χ4n) is 1.20. The van der Waals surface area contributed by atoms with E-state index in [0.717, 1.165) is 9.75 Å². The summed E-state index contributed by atoms with van der Waals surface area (Å²) in [6.45, 7) is 5.74. The number of hydrogen-bond acceptors (Lipinski definition) is 6. The van der Waals surface area contributed by atoms with Crippen molar-refractivity contribution in [3.05, 3.63) is 39.3 Å². The van der Waals surface area contributed by atoms with Crippen LogP contribution in [0.2, 0.25) is 0 Å². The number of nitrogens with two attached hydrogens (primary N) is 2. The van der Waals surface area contributed by atoms with Crippen molar-refractivity contribution in [3.8, 4) is 0 Å². The molecule has 0 fully saturated rings. The van der Waals surface area contributed by atoms with Crippen molar-refractivity contribution in [2.45, 2.75) is 6.92 Å². The van der Waals surface area contributed by atoms with E-state index in [4.69, 9.17) is 23.1 Å². The van der Waals surface area contributed by atoms with Crippen LogP contribution in [-0.2, 0) is 9.53 Å². The summed E-state index contributed by atoms with van der Waals surface area (Å²) in [6.07, 6.45) is 0. The van der Waals surface area contributed by atoms with Crippen LogP contribution in [-0.4, -0.2) is 18.8 Å². The minimum Gasteiger partial charge on any atom is -0.464 e. The number of aryl methyl sites for hydroxylation is 1. The zero-order valence-corrected chi connectivity index (χ0v) is 12.1. The molecule has 102 valence electrons. The Morgan fingerprint density at radius 1 is 1.47 bits per heavy atom. The maximum atomic E-state index is 11.6. The normalized spacial score (nSPS) is 11.0. The van der Waals surface area contributed by atoms with Gasteiger partial charge in [0.25, 0.3) is 0 Å². The third kappa shape index (κ3) is 3.84. The Labute approximate surface area is 120 Å². The van der Waals surface area contributed by atoms with Gasteiger partial charge in [-0.2, -0.15) is 0 Å². The van der Waals surface area contributed by atoms with E-state index in [1.165, 1.54) is 18.4 Å². The van der Waals surface area contributed by atoms with Gasteiger partial charge in [0.05, 0.1) is 17.7 Å². The zero-order valence-electron chi connectivity index (χ0n) is 10.6. The summed E-state index contributed by atoms with van der Waals surface area (Å²) < 4.78 is 4.59. The number of hydrogen-bond donors (Lipinski definition) is 2. The second-order valence-electron chi connectivity index (χ2n) is 3.58. The number of thiophene rings is 1. The lowest BCUT2D eigenvalue weighted by atomic mass is 10.3. The molecule has 4 N–H and O–H groups in total. The van der Waals surface area contributed by atoms with Gasteiger partial charge in [0.2, 0.25) is 0 Å². The van der Waals surface area contributed by atoms with Crippen LogP contribution in [0.15, 0.2) is 34.6 Å². The highest BCUT2D eigenvalue weighted by molar-refractivity contribution is 7.13. The molecule has 7 heteroatoms. The van der Waals surface area contributed by atoms with Gasteiger partial charge in [0.15, 0.2) is 5.71 Å². The van der Waals surface area contributed by atoms with Crippen molar-refractivity contribution in [2.75, 3.05) is 7.11 Å². The summed E-state index contributed by atoms with van der Waals surface area (Å²) in [4.78, 5) is 17.6. The molecule has 19 heavy (non-hydrogen) atoms. The number of methoxy groups -OCH3 is 1. The van der Waals surface area contributed by atoms with Gasteiger partial charge in [-0.25, -0.2) is 9.79 Å². The molecule has 1 aromatic rings. The average Bonchev–Trinajstić information content (AvgIpc) is 2.80. The van der Waals surface area contributed by atoms with Crippen LogP contribution in [0, 0.1) is 6.92 Å². The van der Waals surface area contributed by atoms with Crippen molar-refractivity contribution in [1.82, 2.24) is 0 Å². The Morgan fingerprint density at radius 3 is 2.53 bits per heavy atom. The topological polar surface area (TPSA) is 90.7 Å². The molecule has 0 atom stereocenters. The van der Waals surface area contributed by atoms with E-state index in [1.54, 1.807) is 0 Å². The molecule has 0 aromatic carbocycles. The smallest absolute Gasteiger partial charge is 0.358 e. The minimum absolute atomic E-state index is 0.152. The quantitative estimate of drug-likeness (QED) is 0.657. The molecular weight excluding hydrogens is 286 g/mol. The van der Waals surface area contributed by atoms with Gasteiger partial charge in [-0.1, -0.05) is 18.2 Å². The molecule has 0 bridgehead atoms. The number of carbonyl (C=O) groups excluding carboxylic acids is 1. The Hall–Kier alpha value is -1.79. The molecule has 0 saturated heterocycles. The van der Waals surface area contributed by atoms with Crippen molar-refractivity contribution in [3.63, 3.8) is 0 Å². The van der Waals surface area contributed by atoms with Crippen LogP contribution in [0.1, 0.15) is 9.75 Å². The molecule has 5 nitrogen and oxygen atoms in total. The van der Waals surface area contributed by atoms with E-state index >= 15 is 0 Å². The standard InChI is InChI=1S/C12H14ClN3O2S/c1-6-4-5-8(19-6)7(2)16-10(12(17)18-3)9(13)11(14)15/h4-5H,2,14-15H2,1,3H3/b16-10+. The molecule has 1 aromatic heterocycles. The van der Waals surface area contributed by atoms with E-state index in [2.05, 4.69) is 16.3 Å². The lowest BCUT2D eigenvalue weighted by Gasteiger charge is -2.05. The van der Waals surface area contributed by atoms with Crippen LogP contribution >= 0.6 is 22.9 Å². The highest BCUT2D eigenvalue weighted by Gasteiger charge is 2.19. The van der Waals surface area contributed by atoms with Crippen molar-refractivity contribution in [2.24, 2.45) is 16.5 Å². The fourth-order valence-corrected chi connectivity index (χ4v) is 2.10. The number of ether oxygens (including phenoxy) is 1. The van der Waals surface area contributed by atoms with Crippen LogP contribution in [0.3, 0.4) is 0 Å². The Morgan fingerprint density at radius 2 is 2.11 bits per heavy atom. The van der Waals surface area contributed by atoms with Gasteiger partial charge >= 0.3 is 5.97 Å². The van der Waals surface area contributed by atoms with E-state index < -0.39 is 5.97 Å². The maximum absolute atomic E-state index is 11.6. The van der Waals surface area contributed by atoms with Crippen molar-refractivity contribution < 1.29 is 9.53 Å². The predicted molar refractivity (Wildman–Crippen MR) is 78.8 cm³/mol. The van der Waals surface area contributed by atoms with Gasteiger partial charge in [0.1, 0.15) is 10.9 Å². The number of halogens is 1. The predicted octanol–water partition coefficient (Wildman–Crippen LogP) is 1.97. The zero-order chi connectivity index (χ0) is 14.6. The summed E-state index contributed by atoms with van der Waals surface area (Å²) in [6, 6.07) is 3.78. The molecule has 0 aliphatic heterocycles. The third-order valence-corrected chi connectivity index (χ3v) is 3.56. The lowest BCUT2D eigenvalue weighted by molar-refractivity contribution is -0.132. The maximum Gasteiger partial charge on any atom is 0.358 e. The van der Waals surface area contributed by atoms with Crippen LogP contribution < -0.4 is 11.5 Å². The lowest BCUT2D eigenvalue weighted by Crippen LogP contribution is -2.22. The van der Waals surface area contributed by atoms with Gasteiger partial charge in [-0.15, -0.1) is 11.3 Å². The number of carbonyl (C=O) groups is 1. The first-order valence-electron chi connectivity index (χ1n) is 5.20. The van der Waals surface area contributed by atoms with E-state index in [1.807, 2.05) is 19.1 Å². The van der Waals surface area contributed by atoms with Gasteiger partial charge in [-0.05, 0) is 19.1 Å². The number of esters is 1. The molecule has 1 heterocycles.